The number of hydrogen-bond acceptors (Lipinski definition) is 4. The summed E-state index contributed by atoms with van der Waals surface area (Å²) in [5.41, 5.74) is 0.0781. The number of rotatable bonds is 3. The quantitative estimate of drug-likeness (QED) is 0.496. The average Bonchev–Trinajstić information content (AvgIpc) is 2.05. The van der Waals surface area contributed by atoms with E-state index in [1.807, 2.05) is 18.8 Å². The summed E-state index contributed by atoms with van der Waals surface area (Å²) >= 11 is 1.97. The Morgan fingerprint density at radius 1 is 1.50 bits per heavy atom. The molecule has 0 amide bonds. The lowest BCUT2D eigenvalue weighted by atomic mass is 9.82. The van der Waals surface area contributed by atoms with Crippen LogP contribution >= 0.6 is 11.8 Å². The van der Waals surface area contributed by atoms with Gasteiger partial charge in [-0.15, -0.1) is 0 Å². The minimum Gasteiger partial charge on any atom is -0.396 e. The van der Waals surface area contributed by atoms with Gasteiger partial charge in [0.1, 0.15) is 0 Å². The van der Waals surface area contributed by atoms with Crippen molar-refractivity contribution in [1.82, 2.24) is 5.01 Å². The molecule has 0 unspecified atom stereocenters. The topological polar surface area (TPSA) is 49.5 Å². The Hall–Kier alpha value is 0.230. The summed E-state index contributed by atoms with van der Waals surface area (Å²) in [6.45, 7) is 1.08. The molecule has 0 spiro atoms. The third-order valence-electron chi connectivity index (χ3n) is 2.47. The molecule has 3 N–H and O–H groups in total. The maximum Gasteiger partial charge on any atom is 0.0500 e. The zero-order valence-corrected chi connectivity index (χ0v) is 8.44. The van der Waals surface area contributed by atoms with Gasteiger partial charge in [0.15, 0.2) is 0 Å². The molecule has 1 fully saturated rings. The van der Waals surface area contributed by atoms with Gasteiger partial charge in [-0.1, -0.05) is 0 Å². The first-order valence-corrected chi connectivity index (χ1v) is 5.48. The number of hydrogen-bond donors (Lipinski definition) is 2. The first kappa shape index (κ1) is 10.3. The van der Waals surface area contributed by atoms with Gasteiger partial charge in [-0.05, 0) is 24.3 Å². The van der Waals surface area contributed by atoms with E-state index in [4.69, 9.17) is 5.84 Å². The molecule has 0 saturated carbocycles. The molecule has 1 rings (SSSR count). The van der Waals surface area contributed by atoms with Crippen LogP contribution in [0.3, 0.4) is 0 Å². The van der Waals surface area contributed by atoms with E-state index in [9.17, 15) is 5.11 Å². The highest BCUT2D eigenvalue weighted by atomic mass is 32.2. The van der Waals surface area contributed by atoms with E-state index in [0.29, 0.717) is 0 Å². The maximum atomic E-state index is 9.30. The monoisotopic (exact) mass is 190 g/mol. The first-order chi connectivity index (χ1) is 5.68. The van der Waals surface area contributed by atoms with Crippen molar-refractivity contribution >= 4 is 11.8 Å². The van der Waals surface area contributed by atoms with Crippen LogP contribution < -0.4 is 5.84 Å². The lowest BCUT2D eigenvalue weighted by molar-refractivity contribution is 0.0754. The van der Waals surface area contributed by atoms with E-state index < -0.39 is 0 Å². The Kier molecular flexibility index (Phi) is 3.83. The van der Waals surface area contributed by atoms with E-state index >= 15 is 0 Å². The van der Waals surface area contributed by atoms with Gasteiger partial charge in [-0.25, -0.2) is 5.01 Å². The number of thioether (sulfide) groups is 1. The molecule has 72 valence electrons. The highest BCUT2D eigenvalue weighted by Crippen LogP contribution is 2.34. The second-order valence-corrected chi connectivity index (χ2v) is 4.91. The summed E-state index contributed by atoms with van der Waals surface area (Å²) in [6, 6.07) is 0. The van der Waals surface area contributed by atoms with Crippen molar-refractivity contribution < 1.29 is 5.11 Å². The van der Waals surface area contributed by atoms with E-state index in [1.54, 1.807) is 5.01 Å². The lowest BCUT2D eigenvalue weighted by Crippen LogP contribution is -2.43. The lowest BCUT2D eigenvalue weighted by Gasteiger charge is -2.37. The Morgan fingerprint density at radius 2 is 2.08 bits per heavy atom. The standard InChI is InChI=1S/C8H18N2OS/c1-10(9)6-8(7-11)2-4-12-5-3-8/h11H,2-7,9H2,1H3. The van der Waals surface area contributed by atoms with Crippen LogP contribution in [0.4, 0.5) is 0 Å². The maximum absolute atomic E-state index is 9.30. The summed E-state index contributed by atoms with van der Waals surface area (Å²) in [6.07, 6.45) is 2.19. The van der Waals surface area contributed by atoms with E-state index in [1.165, 1.54) is 0 Å². The highest BCUT2D eigenvalue weighted by Gasteiger charge is 2.32. The molecule has 0 aromatic heterocycles. The first-order valence-electron chi connectivity index (χ1n) is 4.33. The predicted molar refractivity (Wildman–Crippen MR) is 52.9 cm³/mol. The summed E-state index contributed by atoms with van der Waals surface area (Å²) < 4.78 is 0. The SMILES string of the molecule is CN(N)CC1(CO)CCSCC1. The van der Waals surface area contributed by atoms with Crippen LogP contribution in [0, 0.1) is 5.41 Å². The van der Waals surface area contributed by atoms with Crippen molar-refractivity contribution in [2.45, 2.75) is 12.8 Å². The molecule has 0 aromatic carbocycles. The summed E-state index contributed by atoms with van der Waals surface area (Å²) in [5.74, 6) is 7.92. The van der Waals surface area contributed by atoms with Gasteiger partial charge < -0.3 is 5.11 Å². The molecule has 0 aromatic rings. The molecule has 1 aliphatic rings. The number of aliphatic hydroxyl groups is 1. The second-order valence-electron chi connectivity index (χ2n) is 3.69. The van der Waals surface area contributed by atoms with Crippen molar-refractivity contribution in [2.75, 3.05) is 31.7 Å². The van der Waals surface area contributed by atoms with Crippen molar-refractivity contribution in [3.8, 4) is 0 Å². The molecule has 1 aliphatic heterocycles. The number of nitrogens with zero attached hydrogens (tertiary/aromatic N) is 1. The fourth-order valence-corrected chi connectivity index (χ4v) is 3.06. The molecule has 4 heteroatoms. The van der Waals surface area contributed by atoms with Crippen LogP contribution in [0.1, 0.15) is 12.8 Å². The van der Waals surface area contributed by atoms with Crippen LogP contribution in [0.2, 0.25) is 0 Å². The van der Waals surface area contributed by atoms with Gasteiger partial charge >= 0.3 is 0 Å². The van der Waals surface area contributed by atoms with Gasteiger partial charge in [0.25, 0.3) is 0 Å². The molecular weight excluding hydrogens is 172 g/mol. The fraction of sp³-hybridized carbons (Fsp3) is 1.00. The van der Waals surface area contributed by atoms with E-state index in [0.717, 1.165) is 30.9 Å². The van der Waals surface area contributed by atoms with Crippen LogP contribution in [-0.4, -0.2) is 41.8 Å². The van der Waals surface area contributed by atoms with Gasteiger partial charge in [0, 0.05) is 19.0 Å². The molecule has 1 saturated heterocycles. The van der Waals surface area contributed by atoms with Gasteiger partial charge in [0.2, 0.25) is 0 Å². The summed E-state index contributed by atoms with van der Waals surface area (Å²) in [5, 5.41) is 11.0. The van der Waals surface area contributed by atoms with Gasteiger partial charge in [-0.3, -0.25) is 5.84 Å². The minimum absolute atomic E-state index is 0.0781. The molecule has 1 heterocycles. The molecule has 0 aliphatic carbocycles. The number of hydrazine groups is 1. The Bertz CT molecular complexity index is 135. The molecule has 0 bridgehead atoms. The zero-order chi connectivity index (χ0) is 9.03. The highest BCUT2D eigenvalue weighted by molar-refractivity contribution is 7.99. The third kappa shape index (κ3) is 2.62. The second kappa shape index (κ2) is 4.46. The predicted octanol–water partition coefficient (Wildman–Crippen LogP) is 0.298. The van der Waals surface area contributed by atoms with Crippen molar-refractivity contribution in [3.63, 3.8) is 0 Å². The Balaban J connectivity index is 2.48. The van der Waals surface area contributed by atoms with Gasteiger partial charge in [0.05, 0.1) is 6.61 Å². The molecule has 3 nitrogen and oxygen atoms in total. The zero-order valence-electron chi connectivity index (χ0n) is 7.62. The van der Waals surface area contributed by atoms with Crippen LogP contribution in [0.5, 0.6) is 0 Å². The fourth-order valence-electron chi connectivity index (χ4n) is 1.70. The van der Waals surface area contributed by atoms with Crippen LogP contribution in [0.25, 0.3) is 0 Å². The van der Waals surface area contributed by atoms with Crippen molar-refractivity contribution in [3.05, 3.63) is 0 Å². The Labute approximate surface area is 78.3 Å². The third-order valence-corrected chi connectivity index (χ3v) is 3.46. The minimum atomic E-state index is 0.0781. The molecular formula is C8H18N2OS. The summed E-state index contributed by atoms with van der Waals surface area (Å²) in [7, 11) is 1.86. The van der Waals surface area contributed by atoms with Crippen LogP contribution in [-0.2, 0) is 0 Å². The van der Waals surface area contributed by atoms with Crippen molar-refractivity contribution in [2.24, 2.45) is 11.3 Å². The smallest absolute Gasteiger partial charge is 0.0500 e. The number of aliphatic hydroxyl groups excluding tert-OH is 1. The van der Waals surface area contributed by atoms with Crippen molar-refractivity contribution in [1.29, 1.82) is 0 Å². The van der Waals surface area contributed by atoms with E-state index in [-0.39, 0.29) is 12.0 Å². The largest absolute Gasteiger partial charge is 0.396 e. The normalized spacial score (nSPS) is 23.0. The average molecular weight is 190 g/mol. The van der Waals surface area contributed by atoms with Crippen LogP contribution in [0.15, 0.2) is 0 Å². The molecule has 12 heavy (non-hydrogen) atoms. The van der Waals surface area contributed by atoms with E-state index in [2.05, 4.69) is 0 Å². The van der Waals surface area contributed by atoms with Gasteiger partial charge in [-0.2, -0.15) is 11.8 Å². The summed E-state index contributed by atoms with van der Waals surface area (Å²) in [4.78, 5) is 0. The number of nitrogens with two attached hydrogens (primary N) is 1. The molecule has 0 radical (unpaired) electrons. The Morgan fingerprint density at radius 3 is 2.50 bits per heavy atom. The molecule has 0 atom stereocenters.